The molecule has 7 nitrogen and oxygen atoms in total. The molecule has 0 unspecified atom stereocenters. The summed E-state index contributed by atoms with van der Waals surface area (Å²) in [5, 5.41) is 7.35. The van der Waals surface area contributed by atoms with E-state index in [1.165, 1.54) is 23.3 Å². The van der Waals surface area contributed by atoms with Gasteiger partial charge in [-0.1, -0.05) is 28.4 Å². The fourth-order valence-corrected chi connectivity index (χ4v) is 3.44. The van der Waals surface area contributed by atoms with E-state index in [-0.39, 0.29) is 35.6 Å². The molecule has 0 atom stereocenters. The van der Waals surface area contributed by atoms with Crippen LogP contribution in [0.25, 0.3) is 0 Å². The second kappa shape index (κ2) is 8.93. The number of benzene rings is 1. The maximum absolute atomic E-state index is 13.1. The molecule has 1 N–H and O–H groups in total. The van der Waals surface area contributed by atoms with Gasteiger partial charge in [0.25, 0.3) is 11.8 Å². The van der Waals surface area contributed by atoms with E-state index in [1.54, 1.807) is 24.3 Å². The van der Waals surface area contributed by atoms with Crippen LogP contribution >= 0.6 is 23.2 Å². The van der Waals surface area contributed by atoms with Crippen LogP contribution < -0.4 is 5.32 Å². The van der Waals surface area contributed by atoms with Crippen LogP contribution in [0.15, 0.2) is 51.6 Å². The van der Waals surface area contributed by atoms with E-state index in [2.05, 4.69) is 10.5 Å². The first-order valence-corrected chi connectivity index (χ1v) is 10.3. The van der Waals surface area contributed by atoms with Crippen LogP contribution in [0, 0.1) is 5.92 Å². The third-order valence-electron chi connectivity index (χ3n) is 4.76. The smallest absolute Gasteiger partial charge is 0.273 e. The quantitative estimate of drug-likeness (QED) is 0.546. The molecule has 1 aliphatic rings. The van der Waals surface area contributed by atoms with Crippen LogP contribution in [0.4, 0.5) is 0 Å². The topological polar surface area (TPSA) is 88.6 Å². The average molecular weight is 448 g/mol. The fourth-order valence-electron chi connectivity index (χ4n) is 2.96. The van der Waals surface area contributed by atoms with Crippen molar-refractivity contribution in [3.05, 3.63) is 75.5 Å². The molecule has 2 heterocycles. The molecule has 0 spiro atoms. The lowest BCUT2D eigenvalue weighted by Gasteiger charge is -2.21. The van der Waals surface area contributed by atoms with Crippen molar-refractivity contribution >= 4 is 35.0 Å². The Kier molecular flexibility index (Phi) is 6.11. The molecule has 0 radical (unpaired) electrons. The summed E-state index contributed by atoms with van der Waals surface area (Å²) >= 11 is 12.2. The van der Waals surface area contributed by atoms with Gasteiger partial charge in [-0.25, -0.2) is 0 Å². The van der Waals surface area contributed by atoms with E-state index in [9.17, 15) is 9.59 Å². The average Bonchev–Trinajstić information content (AvgIpc) is 3.19. The lowest BCUT2D eigenvalue weighted by Crippen LogP contribution is -2.30. The highest BCUT2D eigenvalue weighted by Gasteiger charge is 2.25. The Morgan fingerprint density at radius 1 is 1.13 bits per heavy atom. The summed E-state index contributed by atoms with van der Waals surface area (Å²) in [6, 6.07) is 9.72. The third kappa shape index (κ3) is 5.04. The van der Waals surface area contributed by atoms with Gasteiger partial charge in [-0.2, -0.15) is 0 Å². The summed E-state index contributed by atoms with van der Waals surface area (Å²) in [5.74, 6) is 0.906. The normalized spacial score (nSPS) is 13.3. The molecule has 1 aromatic carbocycles. The summed E-state index contributed by atoms with van der Waals surface area (Å²) in [7, 11) is 0. The first kappa shape index (κ1) is 20.5. The molecule has 2 amide bonds. The van der Waals surface area contributed by atoms with Crippen LogP contribution in [0.5, 0.6) is 0 Å². The Hall–Kier alpha value is -2.77. The number of nitrogens with one attached hydrogen (secondary N) is 1. The summed E-state index contributed by atoms with van der Waals surface area (Å²) in [6.45, 7) is 0.912. The van der Waals surface area contributed by atoms with Crippen LogP contribution in [-0.2, 0) is 13.1 Å². The van der Waals surface area contributed by atoms with E-state index >= 15 is 0 Å². The Morgan fingerprint density at radius 2 is 1.93 bits per heavy atom. The number of rotatable bonds is 8. The van der Waals surface area contributed by atoms with Crippen molar-refractivity contribution in [1.82, 2.24) is 15.4 Å². The molecule has 9 heteroatoms. The number of hydrogen-bond acceptors (Lipinski definition) is 5. The zero-order chi connectivity index (χ0) is 21.1. The van der Waals surface area contributed by atoms with Crippen molar-refractivity contribution in [1.29, 1.82) is 0 Å². The van der Waals surface area contributed by atoms with Gasteiger partial charge in [-0.05, 0) is 49.1 Å². The zero-order valence-electron chi connectivity index (χ0n) is 15.9. The van der Waals surface area contributed by atoms with Gasteiger partial charge in [0.2, 0.25) is 0 Å². The summed E-state index contributed by atoms with van der Waals surface area (Å²) in [4.78, 5) is 26.9. The zero-order valence-corrected chi connectivity index (χ0v) is 17.4. The minimum absolute atomic E-state index is 0.0847. The van der Waals surface area contributed by atoms with Gasteiger partial charge < -0.3 is 19.2 Å². The van der Waals surface area contributed by atoms with E-state index in [4.69, 9.17) is 32.1 Å². The molecule has 3 aromatic rings. The highest BCUT2D eigenvalue weighted by molar-refractivity contribution is 6.36. The van der Waals surface area contributed by atoms with Gasteiger partial charge in [0.05, 0.1) is 29.9 Å². The molecule has 2 aromatic heterocycles. The number of hydrogen-bond donors (Lipinski definition) is 1. The monoisotopic (exact) mass is 447 g/mol. The minimum atomic E-state index is -0.329. The molecular weight excluding hydrogens is 429 g/mol. The highest BCUT2D eigenvalue weighted by Crippen LogP contribution is 2.27. The molecule has 0 bridgehead atoms. The van der Waals surface area contributed by atoms with Crippen LogP contribution in [-0.4, -0.2) is 28.4 Å². The number of nitrogens with zero attached hydrogens (tertiary/aromatic N) is 2. The van der Waals surface area contributed by atoms with Gasteiger partial charge in [-0.15, -0.1) is 0 Å². The van der Waals surface area contributed by atoms with Crippen molar-refractivity contribution in [2.24, 2.45) is 5.92 Å². The lowest BCUT2D eigenvalue weighted by atomic mass is 10.2. The van der Waals surface area contributed by atoms with Gasteiger partial charge in [-0.3, -0.25) is 9.59 Å². The van der Waals surface area contributed by atoms with Gasteiger partial charge >= 0.3 is 0 Å². The van der Waals surface area contributed by atoms with Crippen molar-refractivity contribution in [3.63, 3.8) is 0 Å². The number of aromatic nitrogens is 1. The van der Waals surface area contributed by atoms with E-state index in [0.717, 1.165) is 12.8 Å². The van der Waals surface area contributed by atoms with Gasteiger partial charge in [0.1, 0.15) is 5.76 Å². The highest BCUT2D eigenvalue weighted by atomic mass is 35.5. The Labute approximate surface area is 182 Å². The predicted molar refractivity (Wildman–Crippen MR) is 110 cm³/mol. The summed E-state index contributed by atoms with van der Waals surface area (Å²) in [5.41, 5.74) is 0.482. The van der Waals surface area contributed by atoms with Crippen molar-refractivity contribution < 1.29 is 18.5 Å². The second-order valence-electron chi connectivity index (χ2n) is 7.20. The number of furan rings is 1. The van der Waals surface area contributed by atoms with Crippen LogP contribution in [0.3, 0.4) is 0 Å². The maximum atomic E-state index is 13.1. The van der Waals surface area contributed by atoms with Crippen molar-refractivity contribution in [3.8, 4) is 0 Å². The number of carbonyl (C=O) groups is 2. The summed E-state index contributed by atoms with van der Waals surface area (Å²) < 4.78 is 10.7. The maximum Gasteiger partial charge on any atom is 0.273 e. The number of amides is 2. The van der Waals surface area contributed by atoms with Crippen LogP contribution in [0.1, 0.15) is 45.2 Å². The molecule has 1 aliphatic carbocycles. The molecule has 30 heavy (non-hydrogen) atoms. The fraction of sp³-hybridized carbons (Fsp3) is 0.286. The third-order valence-corrected chi connectivity index (χ3v) is 5.31. The minimum Gasteiger partial charge on any atom is -0.467 e. The number of carbonyl (C=O) groups excluding carboxylic acids is 2. The van der Waals surface area contributed by atoms with Crippen LogP contribution in [0.2, 0.25) is 10.0 Å². The Bertz CT molecular complexity index is 1040. The first-order valence-electron chi connectivity index (χ1n) is 9.50. The molecule has 156 valence electrons. The molecule has 0 saturated heterocycles. The Balaban J connectivity index is 1.51. The van der Waals surface area contributed by atoms with Gasteiger partial charge in [0, 0.05) is 17.6 Å². The van der Waals surface area contributed by atoms with E-state index in [0.29, 0.717) is 34.6 Å². The predicted octanol–water partition coefficient (Wildman–Crippen LogP) is 4.56. The van der Waals surface area contributed by atoms with Crippen molar-refractivity contribution in [2.45, 2.75) is 25.9 Å². The largest absolute Gasteiger partial charge is 0.467 e. The SMILES string of the molecule is O=C(NCC1CC1)c1cc(CN(Cc2ccco2)C(=O)c2ccc(Cl)cc2Cl)on1. The lowest BCUT2D eigenvalue weighted by molar-refractivity contribution is 0.0700. The molecule has 4 rings (SSSR count). The summed E-state index contributed by atoms with van der Waals surface area (Å²) in [6.07, 6.45) is 3.81. The molecule has 1 fully saturated rings. The van der Waals surface area contributed by atoms with E-state index < -0.39 is 0 Å². The standard InChI is InChI=1S/C21H19Cl2N3O4/c22-14-5-6-17(18(23)8-14)21(28)26(11-15-2-1-7-29-15)12-16-9-19(25-30-16)20(27)24-10-13-3-4-13/h1-2,5-9,13H,3-4,10-12H2,(H,24,27). The van der Waals surface area contributed by atoms with E-state index in [1.807, 2.05) is 0 Å². The first-order chi connectivity index (χ1) is 14.5. The Morgan fingerprint density at radius 3 is 2.63 bits per heavy atom. The van der Waals surface area contributed by atoms with Crippen molar-refractivity contribution in [2.75, 3.05) is 6.54 Å². The van der Waals surface area contributed by atoms with Gasteiger partial charge in [0.15, 0.2) is 11.5 Å². The molecule has 1 saturated carbocycles. The number of halogens is 2. The molecule has 0 aliphatic heterocycles. The molecular formula is C21H19Cl2N3O4. The second-order valence-corrected chi connectivity index (χ2v) is 8.04.